The van der Waals surface area contributed by atoms with Crippen molar-refractivity contribution >= 4 is 17.3 Å². The van der Waals surface area contributed by atoms with E-state index in [0.29, 0.717) is 12.4 Å². The molecule has 4 rings (SSSR count). The van der Waals surface area contributed by atoms with Crippen LogP contribution in [-0.2, 0) is 6.54 Å². The number of rotatable bonds is 8. The van der Waals surface area contributed by atoms with E-state index in [1.807, 2.05) is 39.1 Å². The summed E-state index contributed by atoms with van der Waals surface area (Å²) in [6.45, 7) is 13.5. The van der Waals surface area contributed by atoms with Crippen molar-refractivity contribution in [3.05, 3.63) is 59.7 Å². The Labute approximate surface area is 203 Å². The lowest BCUT2D eigenvalue weighted by Crippen LogP contribution is -2.44. The quantitative estimate of drug-likeness (QED) is 0.430. The molecule has 0 unspecified atom stereocenters. The van der Waals surface area contributed by atoms with Gasteiger partial charge in [-0.2, -0.15) is 0 Å². The molecule has 2 aromatic carbocycles. The summed E-state index contributed by atoms with van der Waals surface area (Å²) in [4.78, 5) is 7.24. The van der Waals surface area contributed by atoms with Crippen molar-refractivity contribution in [1.82, 2.24) is 25.5 Å². The van der Waals surface area contributed by atoms with Crippen molar-refractivity contribution in [3.8, 4) is 11.4 Å². The summed E-state index contributed by atoms with van der Waals surface area (Å²) in [6.07, 6.45) is 0. The Morgan fingerprint density at radius 1 is 1.03 bits per heavy atom. The summed E-state index contributed by atoms with van der Waals surface area (Å²) in [5, 5.41) is 17.9. The van der Waals surface area contributed by atoms with Gasteiger partial charge < -0.3 is 21.0 Å². The molecular formula is C26H38N8. The van der Waals surface area contributed by atoms with Crippen LogP contribution in [0.15, 0.2) is 48.5 Å². The second kappa shape index (κ2) is 12.9. The highest BCUT2D eigenvalue weighted by Gasteiger charge is 2.19. The van der Waals surface area contributed by atoms with Crippen molar-refractivity contribution in [1.29, 1.82) is 0 Å². The number of aryl methyl sites for hydroxylation is 1. The number of nitrogens with one attached hydrogen (secondary N) is 3. The first-order valence-electron chi connectivity index (χ1n) is 12.2. The predicted octanol–water partition coefficient (Wildman–Crippen LogP) is 4.17. The fourth-order valence-corrected chi connectivity index (χ4v) is 3.65. The number of nitrogens with zero attached hydrogens (tertiary/aromatic N) is 5. The number of benzene rings is 2. The molecule has 0 bridgehead atoms. The average Bonchev–Trinajstić information content (AvgIpc) is 2.90. The molecule has 2 heterocycles. The van der Waals surface area contributed by atoms with Gasteiger partial charge in [0.15, 0.2) is 17.5 Å². The van der Waals surface area contributed by atoms with Gasteiger partial charge in [-0.1, -0.05) is 51.1 Å². The van der Waals surface area contributed by atoms with E-state index in [2.05, 4.69) is 80.3 Å². The van der Waals surface area contributed by atoms with Crippen LogP contribution >= 0.6 is 0 Å². The molecular weight excluding hydrogens is 424 g/mol. The zero-order chi connectivity index (χ0) is 24.3. The van der Waals surface area contributed by atoms with Crippen LogP contribution in [0.1, 0.15) is 31.9 Å². The molecule has 34 heavy (non-hydrogen) atoms. The van der Waals surface area contributed by atoms with E-state index < -0.39 is 0 Å². The predicted molar refractivity (Wildman–Crippen MR) is 142 cm³/mol. The van der Waals surface area contributed by atoms with Crippen molar-refractivity contribution in [2.75, 3.05) is 55.4 Å². The van der Waals surface area contributed by atoms with Crippen LogP contribution in [0.2, 0.25) is 0 Å². The third-order valence-corrected chi connectivity index (χ3v) is 5.66. The largest absolute Gasteiger partial charge is 0.361 e. The number of piperazine rings is 1. The van der Waals surface area contributed by atoms with Gasteiger partial charge in [0, 0.05) is 51.9 Å². The SMILES string of the molecule is CC.CCN(C)Nc1ccc(-c2nnc(NCc3ccccc3)c(N3CCNCC3)n2)cc1C. The Morgan fingerprint density at radius 3 is 2.44 bits per heavy atom. The van der Waals surface area contributed by atoms with E-state index in [1.165, 1.54) is 5.56 Å². The van der Waals surface area contributed by atoms with Gasteiger partial charge in [0.2, 0.25) is 0 Å². The van der Waals surface area contributed by atoms with Crippen LogP contribution in [-0.4, -0.2) is 60.0 Å². The standard InChI is InChI=1S/C24H32N8.C2H6/c1-4-31(3)30-21-11-10-20(16-18(21)2)22-27-24(32-14-12-25-13-15-32)23(29-28-22)26-17-19-8-6-5-7-9-19;1-2/h5-11,16,25,30H,4,12-15,17H2,1-3H3,(H,26,29);1-2H3. The Hall–Kier alpha value is -3.23. The number of hydrogen-bond acceptors (Lipinski definition) is 8. The molecule has 1 aromatic heterocycles. The maximum Gasteiger partial charge on any atom is 0.192 e. The maximum absolute atomic E-state index is 4.96. The van der Waals surface area contributed by atoms with Crippen LogP contribution in [0.4, 0.5) is 17.3 Å². The molecule has 0 amide bonds. The number of anilines is 3. The van der Waals surface area contributed by atoms with E-state index in [0.717, 1.165) is 61.2 Å². The highest BCUT2D eigenvalue weighted by atomic mass is 15.5. The summed E-state index contributed by atoms with van der Waals surface area (Å²) in [5.74, 6) is 2.22. The van der Waals surface area contributed by atoms with Gasteiger partial charge in [0.25, 0.3) is 0 Å². The zero-order valence-corrected chi connectivity index (χ0v) is 21.1. The second-order valence-electron chi connectivity index (χ2n) is 8.04. The minimum absolute atomic E-state index is 0.641. The molecule has 182 valence electrons. The highest BCUT2D eigenvalue weighted by molar-refractivity contribution is 5.68. The fraction of sp³-hybridized carbons (Fsp3) is 0.423. The first-order valence-corrected chi connectivity index (χ1v) is 12.2. The molecule has 3 N–H and O–H groups in total. The van der Waals surface area contributed by atoms with Crippen molar-refractivity contribution in [2.45, 2.75) is 34.2 Å². The first-order chi connectivity index (χ1) is 16.6. The summed E-state index contributed by atoms with van der Waals surface area (Å²) in [5.41, 5.74) is 7.77. The number of hydrogen-bond donors (Lipinski definition) is 3. The zero-order valence-electron chi connectivity index (χ0n) is 21.1. The van der Waals surface area contributed by atoms with Gasteiger partial charge in [-0.3, -0.25) is 0 Å². The van der Waals surface area contributed by atoms with Crippen molar-refractivity contribution in [2.24, 2.45) is 0 Å². The lowest BCUT2D eigenvalue weighted by atomic mass is 10.1. The summed E-state index contributed by atoms with van der Waals surface area (Å²) in [6, 6.07) is 16.5. The van der Waals surface area contributed by atoms with Crippen molar-refractivity contribution < 1.29 is 0 Å². The highest BCUT2D eigenvalue weighted by Crippen LogP contribution is 2.27. The normalized spacial score (nSPS) is 13.3. The number of aromatic nitrogens is 3. The van der Waals surface area contributed by atoms with Gasteiger partial charge in [-0.15, -0.1) is 10.2 Å². The molecule has 8 heteroatoms. The van der Waals surface area contributed by atoms with Crippen LogP contribution < -0.4 is 21.0 Å². The third-order valence-electron chi connectivity index (χ3n) is 5.66. The van der Waals surface area contributed by atoms with E-state index in [9.17, 15) is 0 Å². The van der Waals surface area contributed by atoms with E-state index in [4.69, 9.17) is 4.98 Å². The van der Waals surface area contributed by atoms with Gasteiger partial charge in [0.1, 0.15) is 0 Å². The Kier molecular flexibility index (Phi) is 9.61. The number of hydrazine groups is 1. The van der Waals surface area contributed by atoms with Gasteiger partial charge in [-0.25, -0.2) is 9.99 Å². The molecule has 0 radical (unpaired) electrons. The lowest BCUT2D eigenvalue weighted by Gasteiger charge is -2.29. The van der Waals surface area contributed by atoms with E-state index in [-0.39, 0.29) is 0 Å². The molecule has 8 nitrogen and oxygen atoms in total. The first kappa shape index (κ1) is 25.4. The van der Waals surface area contributed by atoms with Crippen molar-refractivity contribution in [3.63, 3.8) is 0 Å². The minimum atomic E-state index is 0.641. The topological polar surface area (TPSA) is 81.2 Å². The second-order valence-corrected chi connectivity index (χ2v) is 8.04. The Bertz CT molecular complexity index is 1020. The molecule has 0 saturated carbocycles. The summed E-state index contributed by atoms with van der Waals surface area (Å²) >= 11 is 0. The average molecular weight is 463 g/mol. The Morgan fingerprint density at radius 2 is 1.76 bits per heavy atom. The van der Waals surface area contributed by atoms with E-state index in [1.54, 1.807) is 0 Å². The molecule has 1 aliphatic rings. The molecule has 1 saturated heterocycles. The molecule has 0 spiro atoms. The summed E-state index contributed by atoms with van der Waals surface area (Å²) < 4.78 is 0. The van der Waals surface area contributed by atoms with Crippen LogP contribution in [0, 0.1) is 6.92 Å². The van der Waals surface area contributed by atoms with Gasteiger partial charge in [0.05, 0.1) is 5.69 Å². The third kappa shape index (κ3) is 6.65. The monoisotopic (exact) mass is 462 g/mol. The maximum atomic E-state index is 4.96. The molecule has 3 aromatic rings. The van der Waals surface area contributed by atoms with Crippen LogP contribution in [0.5, 0.6) is 0 Å². The molecule has 0 aliphatic carbocycles. The van der Waals surface area contributed by atoms with E-state index >= 15 is 0 Å². The van der Waals surface area contributed by atoms with Crippen LogP contribution in [0.25, 0.3) is 11.4 Å². The van der Waals surface area contributed by atoms with Crippen LogP contribution in [0.3, 0.4) is 0 Å². The Balaban J connectivity index is 0.00000158. The smallest absolute Gasteiger partial charge is 0.192 e. The summed E-state index contributed by atoms with van der Waals surface area (Å²) in [7, 11) is 2.03. The fourth-order valence-electron chi connectivity index (χ4n) is 3.65. The molecule has 1 fully saturated rings. The van der Waals surface area contributed by atoms with Gasteiger partial charge in [-0.05, 0) is 36.2 Å². The molecule has 1 aliphatic heterocycles. The minimum Gasteiger partial charge on any atom is -0.361 e. The molecule has 0 atom stereocenters. The van der Waals surface area contributed by atoms with Gasteiger partial charge >= 0.3 is 0 Å². The lowest BCUT2D eigenvalue weighted by molar-refractivity contribution is 0.425.